The molecule has 0 aliphatic heterocycles. The molecule has 2 amide bonds. The van der Waals surface area contributed by atoms with Gasteiger partial charge in [-0.05, 0) is 55.5 Å². The maximum absolute atomic E-state index is 13.2. The lowest BCUT2D eigenvalue weighted by atomic mass is 10.2. The van der Waals surface area contributed by atoms with Crippen LogP contribution in [0.2, 0.25) is 0 Å². The number of halogens is 3. The average Bonchev–Trinajstić information content (AvgIpc) is 3.04. The van der Waals surface area contributed by atoms with Gasteiger partial charge in [-0.25, -0.2) is 4.39 Å². The molecule has 0 aliphatic carbocycles. The van der Waals surface area contributed by atoms with Crippen LogP contribution >= 0.6 is 34.5 Å². The third-order valence-electron chi connectivity index (χ3n) is 4.34. The lowest BCUT2D eigenvalue weighted by Gasteiger charge is -2.30. The van der Waals surface area contributed by atoms with Crippen molar-refractivity contribution in [2.75, 3.05) is 6.54 Å². The van der Waals surface area contributed by atoms with Crippen molar-refractivity contribution in [3.63, 3.8) is 0 Å². The summed E-state index contributed by atoms with van der Waals surface area (Å²) in [6, 6.07) is 7.79. The molecule has 0 N–H and O–H groups in total. The van der Waals surface area contributed by atoms with Crippen molar-refractivity contribution in [1.82, 2.24) is 9.80 Å². The van der Waals surface area contributed by atoms with Crippen LogP contribution in [0.5, 0.6) is 0 Å². The van der Waals surface area contributed by atoms with E-state index in [2.05, 4.69) is 0 Å². The number of aryl methyl sites for hydroxylation is 1. The van der Waals surface area contributed by atoms with Gasteiger partial charge in [-0.2, -0.15) is 0 Å². The Morgan fingerprint density at radius 1 is 1.11 bits per heavy atom. The van der Waals surface area contributed by atoms with Gasteiger partial charge in [0.15, 0.2) is 4.84 Å². The first-order valence-corrected chi connectivity index (χ1v) is 10.6. The maximum Gasteiger partial charge on any atom is 0.256 e. The van der Waals surface area contributed by atoms with E-state index >= 15 is 0 Å². The zero-order chi connectivity index (χ0) is 20.8. The lowest BCUT2D eigenvalue weighted by molar-refractivity contribution is -0.141. The Kier molecular flexibility index (Phi) is 8.28. The molecule has 0 spiro atoms. The molecule has 28 heavy (non-hydrogen) atoms. The highest BCUT2D eigenvalue weighted by molar-refractivity contribution is 7.10. The number of alkyl halides is 2. The third kappa shape index (κ3) is 6.19. The van der Waals surface area contributed by atoms with E-state index in [4.69, 9.17) is 23.2 Å². The van der Waals surface area contributed by atoms with E-state index in [9.17, 15) is 14.0 Å². The molecule has 2 aromatic rings. The second-order valence-electron chi connectivity index (χ2n) is 6.76. The van der Waals surface area contributed by atoms with Crippen molar-refractivity contribution in [1.29, 1.82) is 0 Å². The molecule has 0 unspecified atom stereocenters. The first kappa shape index (κ1) is 22.7. The van der Waals surface area contributed by atoms with Gasteiger partial charge >= 0.3 is 0 Å². The minimum atomic E-state index is -1.22. The fourth-order valence-electron chi connectivity index (χ4n) is 2.67. The second kappa shape index (κ2) is 10.2. The molecule has 152 valence electrons. The topological polar surface area (TPSA) is 40.6 Å². The van der Waals surface area contributed by atoms with Crippen LogP contribution in [0.4, 0.5) is 4.39 Å². The summed E-state index contributed by atoms with van der Waals surface area (Å²) in [4.78, 5) is 28.2. The molecule has 0 radical (unpaired) electrons. The molecular formula is C20H23Cl2FN2O2S. The predicted molar refractivity (Wildman–Crippen MR) is 112 cm³/mol. The van der Waals surface area contributed by atoms with Crippen LogP contribution in [0.1, 0.15) is 29.9 Å². The zero-order valence-electron chi connectivity index (χ0n) is 16.0. The first-order valence-electron chi connectivity index (χ1n) is 8.83. The van der Waals surface area contributed by atoms with Crippen LogP contribution < -0.4 is 0 Å². The van der Waals surface area contributed by atoms with Gasteiger partial charge in [0.05, 0.1) is 6.54 Å². The number of rotatable bonds is 8. The SMILES string of the molecule is Cc1ccsc1CN(Cc1ccc(F)cc1)C(=O)CN(C(=O)C(Cl)Cl)C(C)C. The fraction of sp³-hybridized carbons (Fsp3) is 0.400. The smallest absolute Gasteiger partial charge is 0.256 e. The van der Waals surface area contributed by atoms with Crippen LogP contribution in [0.3, 0.4) is 0 Å². The van der Waals surface area contributed by atoms with Gasteiger partial charge in [-0.1, -0.05) is 35.3 Å². The minimum Gasteiger partial charge on any atom is -0.332 e. The normalized spacial score (nSPS) is 11.1. The molecule has 0 fully saturated rings. The Labute approximate surface area is 178 Å². The van der Waals surface area contributed by atoms with Gasteiger partial charge in [0.25, 0.3) is 5.91 Å². The van der Waals surface area contributed by atoms with E-state index in [0.717, 1.165) is 16.0 Å². The molecule has 2 rings (SSSR count). The highest BCUT2D eigenvalue weighted by atomic mass is 35.5. The van der Waals surface area contributed by atoms with E-state index in [0.29, 0.717) is 13.1 Å². The summed E-state index contributed by atoms with van der Waals surface area (Å²) in [5, 5.41) is 1.97. The summed E-state index contributed by atoms with van der Waals surface area (Å²) in [6.07, 6.45) is 0. The summed E-state index contributed by atoms with van der Waals surface area (Å²) in [5.41, 5.74) is 1.90. The first-order chi connectivity index (χ1) is 13.2. The standard InChI is InChI=1S/C20H23Cl2FN2O2S/c1-13(2)25(20(27)19(21)22)12-18(26)24(11-17-14(3)8-9-28-17)10-15-4-6-16(23)7-5-15/h4-9,13,19H,10-12H2,1-3H3. The highest BCUT2D eigenvalue weighted by Gasteiger charge is 2.27. The predicted octanol–water partition coefficient (Wildman–Crippen LogP) is 4.77. The molecule has 1 heterocycles. The number of carbonyl (C=O) groups is 2. The van der Waals surface area contributed by atoms with Gasteiger partial charge in [0.1, 0.15) is 12.4 Å². The molecular weight excluding hydrogens is 422 g/mol. The van der Waals surface area contributed by atoms with Gasteiger partial charge in [0.2, 0.25) is 5.91 Å². The van der Waals surface area contributed by atoms with E-state index < -0.39 is 10.7 Å². The molecule has 0 aliphatic rings. The average molecular weight is 445 g/mol. The van der Waals surface area contributed by atoms with Crippen LogP contribution in [0.25, 0.3) is 0 Å². The van der Waals surface area contributed by atoms with Crippen molar-refractivity contribution < 1.29 is 14.0 Å². The van der Waals surface area contributed by atoms with Gasteiger partial charge in [-0.3, -0.25) is 9.59 Å². The largest absolute Gasteiger partial charge is 0.332 e. The number of amides is 2. The number of hydrogen-bond donors (Lipinski definition) is 0. The number of thiophene rings is 1. The molecule has 1 aromatic carbocycles. The van der Waals surface area contributed by atoms with Gasteiger partial charge in [0, 0.05) is 17.5 Å². The number of carbonyl (C=O) groups excluding carboxylic acids is 2. The summed E-state index contributed by atoms with van der Waals surface area (Å²) >= 11 is 13.0. The molecule has 0 saturated heterocycles. The molecule has 8 heteroatoms. The maximum atomic E-state index is 13.2. The van der Waals surface area contributed by atoms with Gasteiger partial charge in [-0.15, -0.1) is 11.3 Å². The number of hydrogen-bond acceptors (Lipinski definition) is 3. The van der Waals surface area contributed by atoms with Crippen LogP contribution in [-0.2, 0) is 22.7 Å². The number of nitrogens with zero attached hydrogens (tertiary/aromatic N) is 2. The Morgan fingerprint density at radius 2 is 1.75 bits per heavy atom. The quantitative estimate of drug-likeness (QED) is 0.550. The van der Waals surface area contributed by atoms with Gasteiger partial charge < -0.3 is 9.80 Å². The summed E-state index contributed by atoms with van der Waals surface area (Å²) < 4.78 is 13.2. The Bertz CT molecular complexity index is 809. The fourth-order valence-corrected chi connectivity index (χ4v) is 3.84. The van der Waals surface area contributed by atoms with Crippen LogP contribution in [0, 0.1) is 12.7 Å². The molecule has 0 saturated carbocycles. The summed E-state index contributed by atoms with van der Waals surface area (Å²) in [6.45, 7) is 6.18. The summed E-state index contributed by atoms with van der Waals surface area (Å²) in [7, 11) is 0. The Hall–Kier alpha value is -1.63. The van der Waals surface area contributed by atoms with Crippen molar-refractivity contribution in [3.05, 3.63) is 57.5 Å². The number of benzene rings is 1. The highest BCUT2D eigenvalue weighted by Crippen LogP contribution is 2.20. The summed E-state index contributed by atoms with van der Waals surface area (Å²) in [5.74, 6) is -1.06. The van der Waals surface area contributed by atoms with E-state index in [1.807, 2.05) is 18.4 Å². The Balaban J connectivity index is 2.23. The zero-order valence-corrected chi connectivity index (χ0v) is 18.3. The molecule has 4 nitrogen and oxygen atoms in total. The second-order valence-corrected chi connectivity index (χ2v) is 8.86. The van der Waals surface area contributed by atoms with E-state index in [1.165, 1.54) is 17.0 Å². The van der Waals surface area contributed by atoms with E-state index in [-0.39, 0.29) is 24.3 Å². The third-order valence-corrected chi connectivity index (χ3v) is 5.72. The van der Waals surface area contributed by atoms with E-state index in [1.54, 1.807) is 42.2 Å². The molecule has 1 aromatic heterocycles. The van der Waals surface area contributed by atoms with Crippen molar-refractivity contribution >= 4 is 46.4 Å². The van der Waals surface area contributed by atoms with Crippen molar-refractivity contribution in [2.24, 2.45) is 0 Å². The molecule has 0 atom stereocenters. The monoisotopic (exact) mass is 444 g/mol. The van der Waals surface area contributed by atoms with Crippen molar-refractivity contribution in [2.45, 2.75) is 44.7 Å². The van der Waals surface area contributed by atoms with Crippen LogP contribution in [-0.4, -0.2) is 39.0 Å². The minimum absolute atomic E-state index is 0.127. The Morgan fingerprint density at radius 3 is 2.25 bits per heavy atom. The molecule has 0 bridgehead atoms. The van der Waals surface area contributed by atoms with Crippen molar-refractivity contribution in [3.8, 4) is 0 Å². The van der Waals surface area contributed by atoms with Crippen LogP contribution in [0.15, 0.2) is 35.7 Å². The lowest BCUT2D eigenvalue weighted by Crippen LogP contribution is -2.47.